The minimum Gasteiger partial charge on any atom is -0.365 e. The van der Waals surface area contributed by atoms with E-state index in [0.29, 0.717) is 18.1 Å². The van der Waals surface area contributed by atoms with Crippen LogP contribution in [0.3, 0.4) is 0 Å². The summed E-state index contributed by atoms with van der Waals surface area (Å²) in [6.45, 7) is 4.44. The molecule has 0 radical (unpaired) electrons. The second kappa shape index (κ2) is 6.78. The van der Waals surface area contributed by atoms with Gasteiger partial charge in [0.2, 0.25) is 5.82 Å². The number of unbranched alkanes of at least 4 members (excludes halogenated alkanes) is 2. The molecule has 0 saturated carbocycles. The van der Waals surface area contributed by atoms with Crippen LogP contribution < -0.4 is 5.32 Å². The number of nitro groups is 1. The lowest BCUT2D eigenvalue weighted by Gasteiger charge is -2.05. The average Bonchev–Trinajstić information content (AvgIpc) is 2.67. The van der Waals surface area contributed by atoms with Crippen LogP contribution in [0.25, 0.3) is 0 Å². The summed E-state index contributed by atoms with van der Waals surface area (Å²) in [4.78, 5) is 10.8. The molecular formula is C13H20N4O2. The molecule has 0 aliphatic rings. The number of aromatic nitrogens is 2. The normalized spacial score (nSPS) is 10.5. The Hall–Kier alpha value is -2.03. The molecule has 0 aliphatic heterocycles. The van der Waals surface area contributed by atoms with E-state index in [1.165, 1.54) is 4.68 Å². The lowest BCUT2D eigenvalue weighted by Crippen LogP contribution is -2.07. The molecule has 6 nitrogen and oxygen atoms in total. The molecule has 0 bridgehead atoms. The standard InChI is InChI=1S/C13H20N4O2/c1-5-6-7-8-9-14-13-12(17(18)19)11(10(2)3)15-16(13)4/h1,10,14H,6-9H2,2-4H3. The molecule has 0 saturated heterocycles. The molecule has 0 atom stereocenters. The van der Waals surface area contributed by atoms with Gasteiger partial charge >= 0.3 is 5.69 Å². The van der Waals surface area contributed by atoms with Crippen molar-refractivity contribution in [2.24, 2.45) is 7.05 Å². The fourth-order valence-electron chi connectivity index (χ4n) is 1.86. The van der Waals surface area contributed by atoms with E-state index in [4.69, 9.17) is 6.42 Å². The highest BCUT2D eigenvalue weighted by Gasteiger charge is 2.27. The van der Waals surface area contributed by atoms with Crippen molar-refractivity contribution in [3.8, 4) is 12.3 Å². The van der Waals surface area contributed by atoms with Gasteiger partial charge in [-0.15, -0.1) is 12.3 Å². The molecule has 0 amide bonds. The third kappa shape index (κ3) is 3.71. The summed E-state index contributed by atoms with van der Waals surface area (Å²) >= 11 is 0. The number of hydrogen-bond acceptors (Lipinski definition) is 4. The Bertz CT molecular complexity index is 486. The number of nitrogens with zero attached hydrogens (tertiary/aromatic N) is 3. The minimum atomic E-state index is -0.369. The monoisotopic (exact) mass is 264 g/mol. The van der Waals surface area contributed by atoms with Gasteiger partial charge in [0.15, 0.2) is 0 Å². The Morgan fingerprint density at radius 3 is 2.74 bits per heavy atom. The topological polar surface area (TPSA) is 73.0 Å². The van der Waals surface area contributed by atoms with Gasteiger partial charge in [-0.2, -0.15) is 5.10 Å². The highest BCUT2D eigenvalue weighted by atomic mass is 16.6. The number of anilines is 1. The van der Waals surface area contributed by atoms with Crippen molar-refractivity contribution < 1.29 is 4.92 Å². The van der Waals surface area contributed by atoms with E-state index < -0.39 is 0 Å². The number of nitrogens with one attached hydrogen (secondary N) is 1. The summed E-state index contributed by atoms with van der Waals surface area (Å²) < 4.78 is 1.54. The maximum absolute atomic E-state index is 11.2. The van der Waals surface area contributed by atoms with Gasteiger partial charge in [-0.05, 0) is 12.8 Å². The van der Waals surface area contributed by atoms with E-state index in [0.717, 1.165) is 19.3 Å². The Morgan fingerprint density at radius 2 is 2.21 bits per heavy atom. The van der Waals surface area contributed by atoms with Gasteiger partial charge in [0, 0.05) is 25.9 Å². The quantitative estimate of drug-likeness (QED) is 0.355. The van der Waals surface area contributed by atoms with E-state index in [-0.39, 0.29) is 16.5 Å². The van der Waals surface area contributed by atoms with E-state index in [1.54, 1.807) is 7.05 Å². The summed E-state index contributed by atoms with van der Waals surface area (Å²) in [6, 6.07) is 0. The Morgan fingerprint density at radius 1 is 1.53 bits per heavy atom. The third-order valence-electron chi connectivity index (χ3n) is 2.82. The number of rotatable bonds is 7. The van der Waals surface area contributed by atoms with Crippen molar-refractivity contribution in [3.05, 3.63) is 15.8 Å². The van der Waals surface area contributed by atoms with Crippen LogP contribution in [0.1, 0.15) is 44.7 Å². The van der Waals surface area contributed by atoms with Gasteiger partial charge in [-0.1, -0.05) is 13.8 Å². The fourth-order valence-corrected chi connectivity index (χ4v) is 1.86. The molecule has 0 fully saturated rings. The van der Waals surface area contributed by atoms with Crippen LogP contribution in [0.5, 0.6) is 0 Å². The number of terminal acetylenes is 1. The molecule has 0 spiro atoms. The van der Waals surface area contributed by atoms with Crippen molar-refractivity contribution in [1.82, 2.24) is 9.78 Å². The first kappa shape index (κ1) is 15.0. The van der Waals surface area contributed by atoms with Crippen molar-refractivity contribution in [3.63, 3.8) is 0 Å². The zero-order valence-corrected chi connectivity index (χ0v) is 11.6. The third-order valence-corrected chi connectivity index (χ3v) is 2.82. The van der Waals surface area contributed by atoms with E-state index >= 15 is 0 Å². The van der Waals surface area contributed by atoms with Crippen molar-refractivity contribution in [1.29, 1.82) is 0 Å². The zero-order chi connectivity index (χ0) is 14.4. The van der Waals surface area contributed by atoms with Crippen LogP contribution in [0.2, 0.25) is 0 Å². The van der Waals surface area contributed by atoms with Crippen molar-refractivity contribution in [2.75, 3.05) is 11.9 Å². The van der Waals surface area contributed by atoms with Crippen molar-refractivity contribution in [2.45, 2.75) is 39.0 Å². The van der Waals surface area contributed by atoms with Crippen LogP contribution in [0.4, 0.5) is 11.5 Å². The first-order chi connectivity index (χ1) is 8.99. The van der Waals surface area contributed by atoms with Crippen LogP contribution in [0.15, 0.2) is 0 Å². The van der Waals surface area contributed by atoms with E-state index in [2.05, 4.69) is 16.3 Å². The van der Waals surface area contributed by atoms with E-state index in [9.17, 15) is 10.1 Å². The van der Waals surface area contributed by atoms with Crippen LogP contribution in [0, 0.1) is 22.5 Å². The molecule has 0 unspecified atom stereocenters. The first-order valence-electron chi connectivity index (χ1n) is 6.37. The summed E-state index contributed by atoms with van der Waals surface area (Å²) in [5.74, 6) is 3.06. The van der Waals surface area contributed by atoms with Crippen LogP contribution in [-0.4, -0.2) is 21.2 Å². The lowest BCUT2D eigenvalue weighted by molar-refractivity contribution is -0.384. The summed E-state index contributed by atoms with van der Waals surface area (Å²) in [6.07, 6.45) is 7.69. The molecule has 1 aromatic rings. The minimum absolute atomic E-state index is 0.0172. The molecule has 0 aliphatic carbocycles. The maximum atomic E-state index is 11.2. The zero-order valence-electron chi connectivity index (χ0n) is 11.6. The molecular weight excluding hydrogens is 244 g/mol. The first-order valence-corrected chi connectivity index (χ1v) is 6.37. The van der Waals surface area contributed by atoms with E-state index in [1.807, 2.05) is 13.8 Å². The largest absolute Gasteiger partial charge is 0.365 e. The molecule has 0 aromatic carbocycles. The molecule has 104 valence electrons. The van der Waals surface area contributed by atoms with Gasteiger partial charge in [0.1, 0.15) is 5.69 Å². The Balaban J connectivity index is 2.82. The fraction of sp³-hybridized carbons (Fsp3) is 0.615. The van der Waals surface area contributed by atoms with Gasteiger partial charge in [-0.25, -0.2) is 4.68 Å². The molecule has 1 N–H and O–H groups in total. The highest BCUT2D eigenvalue weighted by molar-refractivity contribution is 5.60. The average molecular weight is 264 g/mol. The van der Waals surface area contributed by atoms with Gasteiger partial charge in [0.25, 0.3) is 0 Å². The molecule has 19 heavy (non-hydrogen) atoms. The Labute approximate surface area is 113 Å². The summed E-state index contributed by atoms with van der Waals surface area (Å²) in [5, 5.41) is 18.5. The Kier molecular flexibility index (Phi) is 5.37. The van der Waals surface area contributed by atoms with Gasteiger partial charge in [0.05, 0.1) is 4.92 Å². The van der Waals surface area contributed by atoms with Crippen LogP contribution in [-0.2, 0) is 7.05 Å². The predicted octanol–water partition coefficient (Wildman–Crippen LogP) is 2.67. The van der Waals surface area contributed by atoms with Gasteiger partial charge in [-0.3, -0.25) is 10.1 Å². The smallest absolute Gasteiger partial charge is 0.334 e. The second-order valence-electron chi connectivity index (χ2n) is 4.71. The van der Waals surface area contributed by atoms with Crippen molar-refractivity contribution >= 4 is 11.5 Å². The predicted molar refractivity (Wildman–Crippen MR) is 75.1 cm³/mol. The van der Waals surface area contributed by atoms with Gasteiger partial charge < -0.3 is 5.32 Å². The van der Waals surface area contributed by atoms with Crippen LogP contribution >= 0.6 is 0 Å². The lowest BCUT2D eigenvalue weighted by atomic mass is 10.1. The highest BCUT2D eigenvalue weighted by Crippen LogP contribution is 2.32. The summed E-state index contributed by atoms with van der Waals surface area (Å²) in [7, 11) is 1.71. The maximum Gasteiger partial charge on any atom is 0.334 e. The number of hydrogen-bond donors (Lipinski definition) is 1. The number of aryl methyl sites for hydroxylation is 1. The molecule has 1 aromatic heterocycles. The molecule has 1 heterocycles. The second-order valence-corrected chi connectivity index (χ2v) is 4.71. The SMILES string of the molecule is C#CCCCCNc1c([N+](=O)[O-])c(C(C)C)nn1C. The summed E-state index contributed by atoms with van der Waals surface area (Å²) in [5.41, 5.74) is 0.591. The molecule has 6 heteroatoms. The molecule has 1 rings (SSSR count).